The largest absolute Gasteiger partial charge is 0.462 e. The van der Waals surface area contributed by atoms with Gasteiger partial charge >= 0.3 is 5.97 Å². The van der Waals surface area contributed by atoms with Gasteiger partial charge in [0.15, 0.2) is 5.82 Å². The minimum atomic E-state index is -0.235. The number of fused-ring (bicyclic) bond motifs is 1. The molecule has 0 N–H and O–H groups in total. The SMILES string of the molecule is CCOC(=O)c1sc2nc(-c3ccccc3)nc(SC)c2c1C1CC1. The van der Waals surface area contributed by atoms with Crippen LogP contribution < -0.4 is 0 Å². The summed E-state index contributed by atoms with van der Waals surface area (Å²) in [6, 6.07) is 9.96. The summed E-state index contributed by atoms with van der Waals surface area (Å²) < 4.78 is 5.28. The number of carbonyl (C=O) groups excluding carboxylic acids is 1. The summed E-state index contributed by atoms with van der Waals surface area (Å²) in [7, 11) is 0. The van der Waals surface area contributed by atoms with E-state index in [-0.39, 0.29) is 5.97 Å². The zero-order chi connectivity index (χ0) is 17.4. The molecule has 0 spiro atoms. The lowest BCUT2D eigenvalue weighted by Crippen LogP contribution is -2.04. The van der Waals surface area contributed by atoms with Crippen LogP contribution in [0.3, 0.4) is 0 Å². The summed E-state index contributed by atoms with van der Waals surface area (Å²) in [6.07, 6.45) is 4.26. The van der Waals surface area contributed by atoms with Gasteiger partial charge in [-0.25, -0.2) is 14.8 Å². The predicted molar refractivity (Wildman–Crippen MR) is 103 cm³/mol. The molecule has 0 radical (unpaired) electrons. The summed E-state index contributed by atoms with van der Waals surface area (Å²) in [5.74, 6) is 0.905. The van der Waals surface area contributed by atoms with E-state index < -0.39 is 0 Å². The van der Waals surface area contributed by atoms with Gasteiger partial charge in [0.05, 0.1) is 6.61 Å². The summed E-state index contributed by atoms with van der Waals surface area (Å²) in [5.41, 5.74) is 2.08. The second-order valence-electron chi connectivity index (χ2n) is 5.94. The average molecular weight is 370 g/mol. The van der Waals surface area contributed by atoms with E-state index in [1.165, 1.54) is 11.3 Å². The maximum absolute atomic E-state index is 12.5. The fraction of sp³-hybridized carbons (Fsp3) is 0.316. The van der Waals surface area contributed by atoms with E-state index >= 15 is 0 Å². The van der Waals surface area contributed by atoms with Crippen LogP contribution in [0.1, 0.15) is 40.9 Å². The van der Waals surface area contributed by atoms with Gasteiger partial charge in [-0.1, -0.05) is 30.3 Å². The van der Waals surface area contributed by atoms with Crippen molar-refractivity contribution in [2.75, 3.05) is 12.9 Å². The lowest BCUT2D eigenvalue weighted by atomic mass is 10.1. The molecule has 0 amide bonds. The number of rotatable bonds is 5. The van der Waals surface area contributed by atoms with Crippen LogP contribution in [-0.4, -0.2) is 28.8 Å². The van der Waals surface area contributed by atoms with Crippen molar-refractivity contribution >= 4 is 39.3 Å². The van der Waals surface area contributed by atoms with E-state index in [0.717, 1.165) is 39.2 Å². The first-order valence-corrected chi connectivity index (χ1v) is 10.4. The van der Waals surface area contributed by atoms with Crippen molar-refractivity contribution in [3.05, 3.63) is 40.8 Å². The average Bonchev–Trinajstić information content (AvgIpc) is 3.41. The van der Waals surface area contributed by atoms with Gasteiger partial charge in [-0.15, -0.1) is 23.1 Å². The van der Waals surface area contributed by atoms with Crippen molar-refractivity contribution in [3.63, 3.8) is 0 Å². The number of ether oxygens (including phenoxy) is 1. The van der Waals surface area contributed by atoms with Gasteiger partial charge < -0.3 is 4.74 Å². The molecule has 0 atom stereocenters. The third-order valence-electron chi connectivity index (χ3n) is 4.23. The van der Waals surface area contributed by atoms with Crippen molar-refractivity contribution in [1.82, 2.24) is 9.97 Å². The van der Waals surface area contributed by atoms with Gasteiger partial charge in [0.1, 0.15) is 14.7 Å². The lowest BCUT2D eigenvalue weighted by molar-refractivity contribution is 0.0531. The van der Waals surface area contributed by atoms with Crippen LogP contribution in [-0.2, 0) is 4.74 Å². The number of aromatic nitrogens is 2. The fourth-order valence-electron chi connectivity index (χ4n) is 2.96. The van der Waals surface area contributed by atoms with Gasteiger partial charge in [-0.05, 0) is 37.5 Å². The number of thioether (sulfide) groups is 1. The Morgan fingerprint density at radius 2 is 2.04 bits per heavy atom. The van der Waals surface area contributed by atoms with Crippen LogP contribution >= 0.6 is 23.1 Å². The van der Waals surface area contributed by atoms with Crippen LogP contribution in [0.4, 0.5) is 0 Å². The molecule has 0 saturated heterocycles. The fourth-order valence-corrected chi connectivity index (χ4v) is 4.77. The molecular weight excluding hydrogens is 352 g/mol. The molecule has 4 rings (SSSR count). The molecule has 4 nitrogen and oxygen atoms in total. The lowest BCUT2D eigenvalue weighted by Gasteiger charge is -2.06. The minimum Gasteiger partial charge on any atom is -0.462 e. The van der Waals surface area contributed by atoms with E-state index in [0.29, 0.717) is 23.2 Å². The van der Waals surface area contributed by atoms with Crippen molar-refractivity contribution in [1.29, 1.82) is 0 Å². The summed E-state index contributed by atoms with van der Waals surface area (Å²) in [4.78, 5) is 23.6. The standard InChI is InChI=1S/C19H18N2O2S2/c1-3-23-19(22)15-13(11-9-10-11)14-17(24-2)20-16(21-18(14)25-15)12-7-5-4-6-8-12/h4-8,11H,3,9-10H2,1-2H3. The van der Waals surface area contributed by atoms with Crippen molar-refractivity contribution in [2.24, 2.45) is 0 Å². The number of carbonyl (C=O) groups is 1. The highest BCUT2D eigenvalue weighted by atomic mass is 32.2. The smallest absolute Gasteiger partial charge is 0.348 e. The number of nitrogens with zero attached hydrogens (tertiary/aromatic N) is 2. The molecule has 25 heavy (non-hydrogen) atoms. The molecule has 128 valence electrons. The maximum atomic E-state index is 12.5. The highest BCUT2D eigenvalue weighted by molar-refractivity contribution is 7.98. The number of hydrogen-bond donors (Lipinski definition) is 0. The van der Waals surface area contributed by atoms with Crippen LogP contribution in [0.5, 0.6) is 0 Å². The molecule has 1 aromatic carbocycles. The quantitative estimate of drug-likeness (QED) is 0.354. The Kier molecular flexibility index (Phi) is 4.48. The normalized spacial score (nSPS) is 14.0. The van der Waals surface area contributed by atoms with E-state index in [1.807, 2.05) is 43.5 Å². The van der Waals surface area contributed by atoms with Gasteiger partial charge in [-0.3, -0.25) is 0 Å². The number of hydrogen-bond acceptors (Lipinski definition) is 6. The van der Waals surface area contributed by atoms with Crippen molar-refractivity contribution in [3.8, 4) is 11.4 Å². The topological polar surface area (TPSA) is 52.1 Å². The third-order valence-corrected chi connectivity index (χ3v) is 5.99. The first-order valence-electron chi connectivity index (χ1n) is 8.33. The van der Waals surface area contributed by atoms with Crippen molar-refractivity contribution in [2.45, 2.75) is 30.7 Å². The molecule has 2 heterocycles. The molecule has 1 aliphatic rings. The highest BCUT2D eigenvalue weighted by Crippen LogP contribution is 2.49. The van der Waals surface area contributed by atoms with Crippen LogP contribution in [0, 0.1) is 0 Å². The zero-order valence-electron chi connectivity index (χ0n) is 14.1. The Morgan fingerprint density at radius 3 is 2.68 bits per heavy atom. The van der Waals surface area contributed by atoms with Gasteiger partial charge in [0, 0.05) is 10.9 Å². The first kappa shape index (κ1) is 16.5. The van der Waals surface area contributed by atoms with Crippen LogP contribution in [0.25, 0.3) is 21.6 Å². The molecule has 2 aromatic heterocycles. The first-order chi connectivity index (χ1) is 12.2. The number of benzene rings is 1. The second kappa shape index (κ2) is 6.77. The molecule has 0 aliphatic heterocycles. The Balaban J connectivity index is 1.94. The maximum Gasteiger partial charge on any atom is 0.348 e. The molecule has 1 aliphatic carbocycles. The molecule has 3 aromatic rings. The van der Waals surface area contributed by atoms with Crippen LogP contribution in [0.15, 0.2) is 35.4 Å². The van der Waals surface area contributed by atoms with E-state index in [2.05, 4.69) is 0 Å². The summed E-state index contributed by atoms with van der Waals surface area (Å²) in [6.45, 7) is 2.22. The van der Waals surface area contributed by atoms with Gasteiger partial charge in [-0.2, -0.15) is 0 Å². The minimum absolute atomic E-state index is 0.235. The van der Waals surface area contributed by atoms with Gasteiger partial charge in [0.25, 0.3) is 0 Å². The Hall–Kier alpha value is -1.92. The molecule has 6 heteroatoms. The number of thiophene rings is 1. The zero-order valence-corrected chi connectivity index (χ0v) is 15.7. The van der Waals surface area contributed by atoms with E-state index in [1.54, 1.807) is 11.8 Å². The summed E-state index contributed by atoms with van der Waals surface area (Å²) in [5, 5.41) is 1.99. The Bertz CT molecular complexity index is 933. The Labute approximate surface area is 154 Å². The number of esters is 1. The summed E-state index contributed by atoms with van der Waals surface area (Å²) >= 11 is 3.05. The Morgan fingerprint density at radius 1 is 1.28 bits per heavy atom. The van der Waals surface area contributed by atoms with Gasteiger partial charge in [0.2, 0.25) is 0 Å². The predicted octanol–water partition coefficient (Wildman–Crippen LogP) is 5.13. The van der Waals surface area contributed by atoms with Crippen molar-refractivity contribution < 1.29 is 9.53 Å². The van der Waals surface area contributed by atoms with Crippen LogP contribution in [0.2, 0.25) is 0 Å². The van der Waals surface area contributed by atoms with E-state index in [4.69, 9.17) is 14.7 Å². The second-order valence-corrected chi connectivity index (χ2v) is 7.74. The molecule has 1 fully saturated rings. The molecule has 1 saturated carbocycles. The monoisotopic (exact) mass is 370 g/mol. The molecular formula is C19H18N2O2S2. The highest BCUT2D eigenvalue weighted by Gasteiger charge is 2.34. The third kappa shape index (κ3) is 3.04. The molecule has 0 bridgehead atoms. The van der Waals surface area contributed by atoms with E-state index in [9.17, 15) is 4.79 Å². The molecule has 0 unspecified atom stereocenters.